The van der Waals surface area contributed by atoms with Gasteiger partial charge in [0, 0.05) is 15.3 Å². The van der Waals surface area contributed by atoms with Crippen molar-refractivity contribution >= 4 is 43.8 Å². The van der Waals surface area contributed by atoms with Crippen molar-refractivity contribution in [3.8, 4) is 0 Å². The van der Waals surface area contributed by atoms with Crippen molar-refractivity contribution in [1.29, 1.82) is 0 Å². The van der Waals surface area contributed by atoms with Gasteiger partial charge in [-0.3, -0.25) is 4.79 Å². The molecule has 2 aromatic rings. The number of amides is 1. The molecule has 0 spiro atoms. The van der Waals surface area contributed by atoms with Gasteiger partial charge in [0.25, 0.3) is 0 Å². The molecule has 1 aromatic heterocycles. The second-order valence-corrected chi connectivity index (χ2v) is 11.7. The van der Waals surface area contributed by atoms with Crippen molar-refractivity contribution in [2.75, 3.05) is 5.32 Å². The first-order valence-electron chi connectivity index (χ1n) is 8.06. The highest BCUT2D eigenvalue weighted by Gasteiger charge is 2.43. The molecule has 0 unspecified atom stereocenters. The number of anilines is 1. The molecule has 1 N–H and O–H groups in total. The second kappa shape index (κ2) is 6.94. The van der Waals surface area contributed by atoms with Crippen LogP contribution in [0.3, 0.4) is 0 Å². The first-order valence-corrected chi connectivity index (χ1v) is 10.7. The summed E-state index contributed by atoms with van der Waals surface area (Å²) in [5.74, 6) is -0.623. The Kier molecular flexibility index (Phi) is 5.57. The number of hydrogen-bond acceptors (Lipinski definition) is 5. The van der Waals surface area contributed by atoms with Crippen molar-refractivity contribution < 1.29 is 13.2 Å². The highest BCUT2D eigenvalue weighted by atomic mass is 35.5. The molecule has 0 bridgehead atoms. The summed E-state index contributed by atoms with van der Waals surface area (Å²) < 4.78 is 24.2. The lowest BCUT2D eigenvalue weighted by Gasteiger charge is -2.23. The Hall–Kier alpha value is -1.44. The standard InChI is InChI=1S/C18H23ClN2O3S2/c1-11-14(17(2,3)4)20-16(25-11)21-15(22)18(5,6)26(23,24)13-9-7-12(19)8-10-13/h7-10H,1-6H3,(H,20,21,22). The van der Waals surface area contributed by atoms with Gasteiger partial charge in [-0.25, -0.2) is 13.4 Å². The predicted molar refractivity (Wildman–Crippen MR) is 107 cm³/mol. The SMILES string of the molecule is Cc1sc(NC(=O)C(C)(C)S(=O)(=O)c2ccc(Cl)cc2)nc1C(C)(C)C. The van der Waals surface area contributed by atoms with Gasteiger partial charge >= 0.3 is 0 Å². The fourth-order valence-corrected chi connectivity index (χ4v) is 4.95. The van der Waals surface area contributed by atoms with Crippen LogP contribution in [0.2, 0.25) is 5.02 Å². The van der Waals surface area contributed by atoms with Gasteiger partial charge in [0.05, 0.1) is 10.6 Å². The van der Waals surface area contributed by atoms with Crippen LogP contribution in [0.1, 0.15) is 45.2 Å². The van der Waals surface area contributed by atoms with Crippen molar-refractivity contribution in [2.45, 2.75) is 56.6 Å². The zero-order valence-corrected chi connectivity index (χ0v) is 18.1. The van der Waals surface area contributed by atoms with Gasteiger partial charge in [-0.2, -0.15) is 0 Å². The summed E-state index contributed by atoms with van der Waals surface area (Å²) in [5.41, 5.74) is 0.727. The Morgan fingerprint density at radius 1 is 1.12 bits per heavy atom. The van der Waals surface area contributed by atoms with E-state index in [1.807, 2.05) is 27.7 Å². The van der Waals surface area contributed by atoms with Crippen LogP contribution in [0.15, 0.2) is 29.2 Å². The van der Waals surface area contributed by atoms with Gasteiger partial charge in [-0.05, 0) is 45.0 Å². The molecule has 0 radical (unpaired) electrons. The predicted octanol–water partition coefficient (Wildman–Crippen LogP) is 4.59. The maximum atomic E-state index is 12.9. The molecule has 0 atom stereocenters. The lowest BCUT2D eigenvalue weighted by atomic mass is 9.92. The number of thiazole rings is 1. The summed E-state index contributed by atoms with van der Waals surface area (Å²) in [6.45, 7) is 10.8. The van der Waals surface area contributed by atoms with E-state index in [0.717, 1.165) is 10.6 Å². The molecular weight excluding hydrogens is 392 g/mol. The molecule has 2 rings (SSSR count). The average molecular weight is 415 g/mol. The highest BCUT2D eigenvalue weighted by Crippen LogP contribution is 2.33. The number of benzene rings is 1. The van der Waals surface area contributed by atoms with Crippen LogP contribution in [0, 0.1) is 6.92 Å². The Morgan fingerprint density at radius 3 is 2.12 bits per heavy atom. The average Bonchev–Trinajstić information content (AvgIpc) is 2.88. The van der Waals surface area contributed by atoms with E-state index in [1.54, 1.807) is 0 Å². The zero-order valence-electron chi connectivity index (χ0n) is 15.7. The number of sulfone groups is 1. The molecule has 1 aromatic carbocycles. The third kappa shape index (κ3) is 3.94. The molecule has 0 fully saturated rings. The van der Waals surface area contributed by atoms with Crippen molar-refractivity contribution in [3.05, 3.63) is 39.9 Å². The van der Waals surface area contributed by atoms with Crippen molar-refractivity contribution in [1.82, 2.24) is 4.98 Å². The molecule has 0 aliphatic rings. The van der Waals surface area contributed by atoms with Gasteiger partial charge in [0.15, 0.2) is 15.0 Å². The minimum Gasteiger partial charge on any atom is -0.301 e. The van der Waals surface area contributed by atoms with Crippen molar-refractivity contribution in [2.24, 2.45) is 0 Å². The van der Waals surface area contributed by atoms with Crippen LogP contribution < -0.4 is 5.32 Å². The Bertz CT molecular complexity index is 924. The summed E-state index contributed by atoms with van der Waals surface area (Å²) in [6.07, 6.45) is 0. The van der Waals surface area contributed by atoms with Gasteiger partial charge in [0.1, 0.15) is 4.75 Å². The molecule has 5 nitrogen and oxygen atoms in total. The van der Waals surface area contributed by atoms with Crippen LogP contribution in [-0.4, -0.2) is 24.1 Å². The largest absolute Gasteiger partial charge is 0.301 e. The van der Waals surface area contributed by atoms with Gasteiger partial charge in [0.2, 0.25) is 5.91 Å². The number of hydrogen-bond donors (Lipinski definition) is 1. The van der Waals surface area contributed by atoms with E-state index in [4.69, 9.17) is 11.6 Å². The van der Waals surface area contributed by atoms with E-state index in [2.05, 4.69) is 10.3 Å². The van der Waals surface area contributed by atoms with E-state index < -0.39 is 20.5 Å². The first-order chi connectivity index (χ1) is 11.8. The Balaban J connectivity index is 2.32. The summed E-state index contributed by atoms with van der Waals surface area (Å²) in [7, 11) is -3.90. The zero-order chi connectivity index (χ0) is 19.9. The quantitative estimate of drug-likeness (QED) is 0.793. The van der Waals surface area contributed by atoms with Gasteiger partial charge in [-0.1, -0.05) is 32.4 Å². The van der Waals surface area contributed by atoms with Gasteiger partial charge in [-0.15, -0.1) is 11.3 Å². The number of halogens is 1. The maximum absolute atomic E-state index is 12.9. The van der Waals surface area contributed by atoms with E-state index in [0.29, 0.717) is 10.2 Å². The molecule has 0 aliphatic heterocycles. The smallest absolute Gasteiger partial charge is 0.247 e. The monoisotopic (exact) mass is 414 g/mol. The van der Waals surface area contributed by atoms with E-state index >= 15 is 0 Å². The third-order valence-corrected chi connectivity index (χ3v) is 7.63. The lowest BCUT2D eigenvalue weighted by molar-refractivity contribution is -0.117. The van der Waals surface area contributed by atoms with E-state index in [1.165, 1.54) is 49.4 Å². The number of carbonyl (C=O) groups excluding carboxylic acids is 1. The molecule has 142 valence electrons. The van der Waals surface area contributed by atoms with Crippen LogP contribution >= 0.6 is 22.9 Å². The second-order valence-electron chi connectivity index (χ2n) is 7.60. The summed E-state index contributed by atoms with van der Waals surface area (Å²) in [4.78, 5) is 18.3. The number of carbonyl (C=O) groups is 1. The molecule has 0 saturated heterocycles. The molecular formula is C18H23ClN2O3S2. The molecule has 1 heterocycles. The van der Waals surface area contributed by atoms with Crippen LogP contribution in [0.25, 0.3) is 0 Å². The van der Waals surface area contributed by atoms with Crippen LogP contribution in [-0.2, 0) is 20.0 Å². The van der Waals surface area contributed by atoms with E-state index in [9.17, 15) is 13.2 Å². The minimum absolute atomic E-state index is 0.0488. The fourth-order valence-electron chi connectivity index (χ4n) is 2.42. The number of nitrogens with zero attached hydrogens (tertiary/aromatic N) is 1. The van der Waals surface area contributed by atoms with Gasteiger partial charge < -0.3 is 5.32 Å². The number of rotatable bonds is 4. The third-order valence-electron chi connectivity index (χ3n) is 4.07. The molecule has 26 heavy (non-hydrogen) atoms. The number of aryl methyl sites for hydroxylation is 1. The topological polar surface area (TPSA) is 76.1 Å². The van der Waals surface area contributed by atoms with Crippen LogP contribution in [0.5, 0.6) is 0 Å². The van der Waals surface area contributed by atoms with Crippen molar-refractivity contribution in [3.63, 3.8) is 0 Å². The highest BCUT2D eigenvalue weighted by molar-refractivity contribution is 7.93. The van der Waals surface area contributed by atoms with E-state index in [-0.39, 0.29) is 10.3 Å². The van der Waals surface area contributed by atoms with Crippen LogP contribution in [0.4, 0.5) is 5.13 Å². The first kappa shape index (κ1) is 20.9. The molecule has 8 heteroatoms. The summed E-state index contributed by atoms with van der Waals surface area (Å²) in [5, 5.41) is 3.50. The number of aromatic nitrogens is 1. The Labute approximate surface area is 163 Å². The lowest BCUT2D eigenvalue weighted by Crippen LogP contribution is -2.44. The maximum Gasteiger partial charge on any atom is 0.247 e. The fraction of sp³-hybridized carbons (Fsp3) is 0.444. The minimum atomic E-state index is -3.90. The molecule has 1 amide bonds. The normalized spacial score (nSPS) is 12.9. The Morgan fingerprint density at radius 2 is 1.65 bits per heavy atom. The summed E-state index contributed by atoms with van der Waals surface area (Å²) in [6, 6.07) is 5.78. The number of nitrogens with one attached hydrogen (secondary N) is 1. The molecule has 0 saturated carbocycles. The summed E-state index contributed by atoms with van der Waals surface area (Å²) >= 11 is 7.16. The molecule has 0 aliphatic carbocycles.